The Morgan fingerprint density at radius 3 is 2.76 bits per heavy atom. The van der Waals surface area contributed by atoms with Gasteiger partial charge in [0.05, 0.1) is 29.6 Å². The quantitative estimate of drug-likeness (QED) is 0.508. The molecule has 4 rings (SSSR count). The maximum atomic E-state index is 12.9. The molecule has 8 heteroatoms. The summed E-state index contributed by atoms with van der Waals surface area (Å²) in [5, 5.41) is 9.15. The molecule has 0 aliphatic heterocycles. The fourth-order valence-corrected chi connectivity index (χ4v) is 4.33. The molecular formula is C21H18N6OS. The minimum Gasteiger partial charge on any atom is -0.366 e. The van der Waals surface area contributed by atoms with Crippen LogP contribution in [0.15, 0.2) is 53.8 Å². The first-order valence-electron chi connectivity index (χ1n) is 9.13. The summed E-state index contributed by atoms with van der Waals surface area (Å²) in [6, 6.07) is 11.2. The van der Waals surface area contributed by atoms with Crippen LogP contribution in [0.1, 0.15) is 23.1 Å². The van der Waals surface area contributed by atoms with E-state index in [1.54, 1.807) is 28.9 Å². The van der Waals surface area contributed by atoms with Gasteiger partial charge in [-0.05, 0) is 32.0 Å². The molecule has 0 unspecified atom stereocenters. The smallest absolute Gasteiger partial charge is 0.259 e. The Kier molecular flexibility index (Phi) is 5.06. The van der Waals surface area contributed by atoms with Crippen LogP contribution < -0.4 is 10.5 Å². The summed E-state index contributed by atoms with van der Waals surface area (Å²) in [5.41, 5.74) is 3.66. The highest BCUT2D eigenvalue weighted by Gasteiger charge is 2.16. The number of anilines is 1. The minimum absolute atomic E-state index is 0.130. The molecule has 0 fully saturated rings. The van der Waals surface area contributed by atoms with Crippen LogP contribution in [-0.4, -0.2) is 25.9 Å². The lowest BCUT2D eigenvalue weighted by atomic mass is 10.2. The molecule has 0 saturated carbocycles. The normalized spacial score (nSPS) is 10.8. The van der Waals surface area contributed by atoms with Gasteiger partial charge < -0.3 is 4.90 Å². The summed E-state index contributed by atoms with van der Waals surface area (Å²) >= 11 is 1.47. The molecule has 0 spiro atoms. The molecule has 0 N–H and O–H groups in total. The number of hydrogen-bond acceptors (Lipinski definition) is 7. The third-order valence-corrected chi connectivity index (χ3v) is 5.61. The van der Waals surface area contributed by atoms with Gasteiger partial charge in [0, 0.05) is 41.1 Å². The molecule has 144 valence electrons. The first-order chi connectivity index (χ1) is 14.1. The van der Waals surface area contributed by atoms with Crippen LogP contribution >= 0.6 is 11.3 Å². The summed E-state index contributed by atoms with van der Waals surface area (Å²) in [6.07, 6.45) is 4.86. The fraction of sp³-hybridized carbons (Fsp3) is 0.190. The summed E-state index contributed by atoms with van der Waals surface area (Å²) in [7, 11) is 0. The van der Waals surface area contributed by atoms with Crippen molar-refractivity contribution in [1.29, 1.82) is 5.26 Å². The van der Waals surface area contributed by atoms with Gasteiger partial charge in [-0.1, -0.05) is 6.07 Å². The van der Waals surface area contributed by atoms with Crippen molar-refractivity contribution in [1.82, 2.24) is 19.4 Å². The first kappa shape index (κ1) is 18.8. The molecule has 4 aromatic rings. The third-order valence-electron chi connectivity index (χ3n) is 4.65. The highest BCUT2D eigenvalue weighted by Crippen LogP contribution is 2.28. The molecule has 29 heavy (non-hydrogen) atoms. The van der Waals surface area contributed by atoms with Crippen molar-refractivity contribution < 1.29 is 0 Å². The second kappa shape index (κ2) is 7.81. The van der Waals surface area contributed by atoms with Crippen molar-refractivity contribution >= 4 is 22.0 Å². The largest absolute Gasteiger partial charge is 0.366 e. The predicted octanol–water partition coefficient (Wildman–Crippen LogP) is 3.42. The topological polar surface area (TPSA) is 87.2 Å². The van der Waals surface area contributed by atoms with E-state index in [9.17, 15) is 4.79 Å². The summed E-state index contributed by atoms with van der Waals surface area (Å²) in [6.45, 7) is 5.21. The van der Waals surface area contributed by atoms with Crippen LogP contribution in [0, 0.1) is 18.3 Å². The molecule has 3 aromatic heterocycles. The van der Waals surface area contributed by atoms with E-state index in [1.165, 1.54) is 17.7 Å². The number of aryl methyl sites for hydroxylation is 1. The van der Waals surface area contributed by atoms with Gasteiger partial charge >= 0.3 is 0 Å². The third kappa shape index (κ3) is 3.60. The fourth-order valence-electron chi connectivity index (χ4n) is 3.31. The molecule has 1 aromatic carbocycles. The summed E-state index contributed by atoms with van der Waals surface area (Å²) in [4.78, 5) is 29.5. The van der Waals surface area contributed by atoms with Crippen LogP contribution in [0.25, 0.3) is 16.2 Å². The molecule has 3 heterocycles. The van der Waals surface area contributed by atoms with Crippen molar-refractivity contribution in [3.05, 3.63) is 75.5 Å². The van der Waals surface area contributed by atoms with Crippen molar-refractivity contribution in [3.63, 3.8) is 0 Å². The number of hydrogen-bond donors (Lipinski definition) is 0. The molecule has 7 nitrogen and oxygen atoms in total. The van der Waals surface area contributed by atoms with Gasteiger partial charge in [0.1, 0.15) is 6.33 Å². The lowest BCUT2D eigenvalue weighted by Crippen LogP contribution is -2.25. The predicted molar refractivity (Wildman–Crippen MR) is 113 cm³/mol. The van der Waals surface area contributed by atoms with E-state index in [2.05, 4.69) is 20.9 Å². The Morgan fingerprint density at radius 1 is 1.24 bits per heavy atom. The molecule has 0 radical (unpaired) electrons. The van der Waals surface area contributed by atoms with Gasteiger partial charge in [-0.3, -0.25) is 9.20 Å². The van der Waals surface area contributed by atoms with Crippen molar-refractivity contribution in [3.8, 4) is 17.3 Å². The zero-order chi connectivity index (χ0) is 20.4. The highest BCUT2D eigenvalue weighted by molar-refractivity contribution is 7.17. The molecule has 0 amide bonds. The standard InChI is InChI=1S/C21H18N6OS/c1-3-26(18-6-4-5-15(7-18)9-22)12-17-8-19(28)27-20(14(2)29-21(27)25-17)16-10-23-13-24-11-16/h4-8,10-11,13H,3,12H2,1-2H3. The van der Waals surface area contributed by atoms with E-state index in [4.69, 9.17) is 10.2 Å². The van der Waals surface area contributed by atoms with Gasteiger partial charge in [-0.15, -0.1) is 11.3 Å². The van der Waals surface area contributed by atoms with E-state index >= 15 is 0 Å². The van der Waals surface area contributed by atoms with Crippen molar-refractivity contribution in [2.24, 2.45) is 0 Å². The van der Waals surface area contributed by atoms with E-state index in [1.807, 2.05) is 32.0 Å². The van der Waals surface area contributed by atoms with Gasteiger partial charge in [0.25, 0.3) is 5.56 Å². The van der Waals surface area contributed by atoms with Crippen molar-refractivity contribution in [2.75, 3.05) is 11.4 Å². The Balaban J connectivity index is 1.74. The highest BCUT2D eigenvalue weighted by atomic mass is 32.1. The zero-order valence-electron chi connectivity index (χ0n) is 16.0. The van der Waals surface area contributed by atoms with E-state index in [0.29, 0.717) is 22.8 Å². The monoisotopic (exact) mass is 402 g/mol. The lowest BCUT2D eigenvalue weighted by Gasteiger charge is -2.22. The average molecular weight is 402 g/mol. The van der Waals surface area contributed by atoms with Gasteiger partial charge in [0.15, 0.2) is 4.96 Å². The van der Waals surface area contributed by atoms with Gasteiger partial charge in [-0.25, -0.2) is 15.0 Å². The summed E-state index contributed by atoms with van der Waals surface area (Å²) < 4.78 is 1.62. The SMILES string of the molecule is CCN(Cc1cc(=O)n2c(-c3cncnc3)c(C)sc2n1)c1cccc(C#N)c1. The number of fused-ring (bicyclic) bond motifs is 1. The molecular weight excluding hydrogens is 384 g/mol. The van der Waals surface area contributed by atoms with Crippen LogP contribution in [-0.2, 0) is 6.54 Å². The van der Waals surface area contributed by atoms with Crippen LogP contribution in [0.3, 0.4) is 0 Å². The van der Waals surface area contributed by atoms with Crippen molar-refractivity contribution in [2.45, 2.75) is 20.4 Å². The second-order valence-electron chi connectivity index (χ2n) is 6.51. The number of nitriles is 1. The molecule has 0 aliphatic carbocycles. The Morgan fingerprint density at radius 2 is 2.03 bits per heavy atom. The average Bonchev–Trinajstić information content (AvgIpc) is 3.09. The van der Waals surface area contributed by atoms with E-state index in [-0.39, 0.29) is 5.56 Å². The minimum atomic E-state index is -0.130. The molecule has 0 saturated heterocycles. The first-order valence-corrected chi connectivity index (χ1v) is 9.95. The second-order valence-corrected chi connectivity index (χ2v) is 7.70. The van der Waals surface area contributed by atoms with E-state index < -0.39 is 0 Å². The molecule has 0 atom stereocenters. The van der Waals surface area contributed by atoms with Crippen LogP contribution in [0.2, 0.25) is 0 Å². The lowest BCUT2D eigenvalue weighted by molar-refractivity contribution is 0.806. The maximum Gasteiger partial charge on any atom is 0.259 e. The molecule has 0 bridgehead atoms. The Labute approximate surface area is 171 Å². The number of nitrogens with zero attached hydrogens (tertiary/aromatic N) is 6. The van der Waals surface area contributed by atoms with Crippen LogP contribution in [0.4, 0.5) is 5.69 Å². The Hall–Kier alpha value is -3.57. The number of thiazole rings is 1. The molecule has 0 aliphatic rings. The Bertz CT molecular complexity index is 1270. The number of rotatable bonds is 5. The van der Waals surface area contributed by atoms with Gasteiger partial charge in [0.2, 0.25) is 0 Å². The maximum absolute atomic E-state index is 12.9. The zero-order valence-corrected chi connectivity index (χ0v) is 16.8. The number of aromatic nitrogens is 4. The van der Waals surface area contributed by atoms with Gasteiger partial charge in [-0.2, -0.15) is 5.26 Å². The van der Waals surface area contributed by atoms with E-state index in [0.717, 1.165) is 28.4 Å². The number of benzene rings is 1. The van der Waals surface area contributed by atoms with Crippen LogP contribution in [0.5, 0.6) is 0 Å². The summed E-state index contributed by atoms with van der Waals surface area (Å²) in [5.74, 6) is 0.